The van der Waals surface area contributed by atoms with E-state index in [1.54, 1.807) is 13.0 Å². The SMILES string of the molecule is CCC/C(C)=C\C=C\C(C)=O. The van der Waals surface area contributed by atoms with Gasteiger partial charge in [-0.2, -0.15) is 0 Å². The van der Waals surface area contributed by atoms with Crippen LogP contribution in [-0.2, 0) is 4.79 Å². The lowest BCUT2D eigenvalue weighted by atomic mass is 10.1. The monoisotopic (exact) mass is 152 g/mol. The molecule has 0 atom stereocenters. The molecule has 0 aliphatic rings. The number of hydrogen-bond acceptors (Lipinski definition) is 1. The molecule has 0 aromatic heterocycles. The van der Waals surface area contributed by atoms with Crippen molar-refractivity contribution in [1.82, 2.24) is 0 Å². The summed E-state index contributed by atoms with van der Waals surface area (Å²) in [6, 6.07) is 0. The van der Waals surface area contributed by atoms with Crippen molar-refractivity contribution in [3.05, 3.63) is 23.8 Å². The summed E-state index contributed by atoms with van der Waals surface area (Å²) >= 11 is 0. The molecule has 0 unspecified atom stereocenters. The Bertz CT molecular complexity index is 175. The molecule has 0 fully saturated rings. The molecule has 0 bridgehead atoms. The van der Waals surface area contributed by atoms with Crippen LogP contribution < -0.4 is 0 Å². The van der Waals surface area contributed by atoms with Crippen molar-refractivity contribution in [2.75, 3.05) is 0 Å². The molecule has 0 aliphatic heterocycles. The Morgan fingerprint density at radius 2 is 2.00 bits per heavy atom. The molecule has 0 spiro atoms. The Labute approximate surface area is 68.8 Å². The van der Waals surface area contributed by atoms with Crippen LogP contribution in [0.4, 0.5) is 0 Å². The predicted molar refractivity (Wildman–Crippen MR) is 48.5 cm³/mol. The second-order valence-corrected chi connectivity index (χ2v) is 2.73. The number of carbonyl (C=O) groups excluding carboxylic acids is 1. The second-order valence-electron chi connectivity index (χ2n) is 2.73. The molecule has 0 aromatic carbocycles. The van der Waals surface area contributed by atoms with Gasteiger partial charge in [-0.25, -0.2) is 0 Å². The van der Waals surface area contributed by atoms with E-state index in [0.29, 0.717) is 0 Å². The molecule has 0 rings (SSSR count). The second kappa shape index (κ2) is 5.90. The summed E-state index contributed by atoms with van der Waals surface area (Å²) in [6.45, 7) is 5.78. The van der Waals surface area contributed by atoms with Gasteiger partial charge in [-0.1, -0.05) is 31.1 Å². The molecule has 1 heteroatoms. The van der Waals surface area contributed by atoms with E-state index in [9.17, 15) is 4.79 Å². The highest BCUT2D eigenvalue weighted by Gasteiger charge is 1.83. The molecule has 11 heavy (non-hydrogen) atoms. The van der Waals surface area contributed by atoms with Crippen molar-refractivity contribution in [1.29, 1.82) is 0 Å². The van der Waals surface area contributed by atoms with E-state index in [1.807, 2.05) is 12.2 Å². The zero-order valence-corrected chi connectivity index (χ0v) is 7.55. The van der Waals surface area contributed by atoms with Crippen LogP contribution in [0.2, 0.25) is 0 Å². The first-order valence-electron chi connectivity index (χ1n) is 4.01. The summed E-state index contributed by atoms with van der Waals surface area (Å²) < 4.78 is 0. The highest BCUT2D eigenvalue weighted by atomic mass is 16.1. The summed E-state index contributed by atoms with van der Waals surface area (Å²) in [7, 11) is 0. The molecule has 0 N–H and O–H groups in total. The quantitative estimate of drug-likeness (QED) is 0.447. The zero-order chi connectivity index (χ0) is 8.69. The molecule has 0 aliphatic carbocycles. The van der Waals surface area contributed by atoms with Gasteiger partial charge in [0.1, 0.15) is 0 Å². The van der Waals surface area contributed by atoms with E-state index >= 15 is 0 Å². The van der Waals surface area contributed by atoms with Crippen molar-refractivity contribution in [3.8, 4) is 0 Å². The number of carbonyl (C=O) groups is 1. The van der Waals surface area contributed by atoms with Gasteiger partial charge >= 0.3 is 0 Å². The van der Waals surface area contributed by atoms with Gasteiger partial charge in [0.2, 0.25) is 0 Å². The van der Waals surface area contributed by atoms with Crippen LogP contribution in [0.25, 0.3) is 0 Å². The maximum atomic E-state index is 10.5. The minimum absolute atomic E-state index is 0.102. The van der Waals surface area contributed by atoms with Crippen molar-refractivity contribution < 1.29 is 4.79 Å². The Kier molecular flexibility index (Phi) is 5.44. The lowest BCUT2D eigenvalue weighted by Crippen LogP contribution is -1.79. The molecule has 0 saturated heterocycles. The minimum atomic E-state index is 0.102. The molecule has 0 amide bonds. The summed E-state index contributed by atoms with van der Waals surface area (Å²) in [5, 5.41) is 0. The summed E-state index contributed by atoms with van der Waals surface area (Å²) in [5.74, 6) is 0.102. The van der Waals surface area contributed by atoms with Crippen LogP contribution in [0.3, 0.4) is 0 Å². The zero-order valence-electron chi connectivity index (χ0n) is 7.55. The highest BCUT2D eigenvalue weighted by Crippen LogP contribution is 2.02. The Hall–Kier alpha value is -0.850. The number of hydrogen-bond donors (Lipinski definition) is 0. The molecule has 0 heterocycles. The lowest BCUT2D eigenvalue weighted by Gasteiger charge is -1.92. The summed E-state index contributed by atoms with van der Waals surface area (Å²) in [6.07, 6.45) is 7.66. The van der Waals surface area contributed by atoms with Gasteiger partial charge in [-0.3, -0.25) is 4.79 Å². The molecular weight excluding hydrogens is 136 g/mol. The third-order valence-corrected chi connectivity index (χ3v) is 1.36. The van der Waals surface area contributed by atoms with Gasteiger partial charge in [-0.05, 0) is 26.3 Å². The average molecular weight is 152 g/mol. The first-order valence-corrected chi connectivity index (χ1v) is 4.01. The predicted octanol–water partition coefficient (Wildman–Crippen LogP) is 2.88. The largest absolute Gasteiger partial charge is 0.295 e. The first kappa shape index (κ1) is 10.2. The van der Waals surface area contributed by atoms with E-state index in [1.165, 1.54) is 5.57 Å². The van der Waals surface area contributed by atoms with Gasteiger partial charge in [0.15, 0.2) is 5.78 Å². The normalized spacial score (nSPS) is 12.5. The van der Waals surface area contributed by atoms with Gasteiger partial charge in [0, 0.05) is 0 Å². The Balaban J connectivity index is 3.80. The van der Waals surface area contributed by atoms with Crippen LogP contribution in [0.5, 0.6) is 0 Å². The lowest BCUT2D eigenvalue weighted by molar-refractivity contribution is -0.112. The number of ketones is 1. The van der Waals surface area contributed by atoms with Crippen LogP contribution in [0.1, 0.15) is 33.6 Å². The molecule has 0 radical (unpaired) electrons. The topological polar surface area (TPSA) is 17.1 Å². The van der Waals surface area contributed by atoms with Crippen LogP contribution in [0.15, 0.2) is 23.8 Å². The van der Waals surface area contributed by atoms with Crippen molar-refractivity contribution >= 4 is 5.78 Å². The fraction of sp³-hybridized carbons (Fsp3) is 0.500. The number of rotatable bonds is 4. The van der Waals surface area contributed by atoms with Gasteiger partial charge in [0.25, 0.3) is 0 Å². The smallest absolute Gasteiger partial charge is 0.152 e. The minimum Gasteiger partial charge on any atom is -0.295 e. The molecular formula is C10H16O. The third-order valence-electron chi connectivity index (χ3n) is 1.36. The molecule has 62 valence electrons. The fourth-order valence-corrected chi connectivity index (χ4v) is 0.826. The maximum absolute atomic E-state index is 10.5. The van der Waals surface area contributed by atoms with Crippen LogP contribution in [0, 0.1) is 0 Å². The van der Waals surface area contributed by atoms with Crippen molar-refractivity contribution in [3.63, 3.8) is 0 Å². The fourth-order valence-electron chi connectivity index (χ4n) is 0.826. The van der Waals surface area contributed by atoms with E-state index in [0.717, 1.165) is 12.8 Å². The molecule has 0 saturated carbocycles. The Morgan fingerprint density at radius 3 is 2.45 bits per heavy atom. The Morgan fingerprint density at radius 1 is 1.36 bits per heavy atom. The standard InChI is InChI=1S/C10H16O/c1-4-6-9(2)7-5-8-10(3)11/h5,7-8H,4,6H2,1-3H3/b8-5+,9-7-. The van der Waals surface area contributed by atoms with E-state index in [-0.39, 0.29) is 5.78 Å². The van der Waals surface area contributed by atoms with Gasteiger partial charge in [-0.15, -0.1) is 0 Å². The maximum Gasteiger partial charge on any atom is 0.152 e. The summed E-state index contributed by atoms with van der Waals surface area (Å²) in [5.41, 5.74) is 1.32. The van der Waals surface area contributed by atoms with Crippen molar-refractivity contribution in [2.24, 2.45) is 0 Å². The summed E-state index contributed by atoms with van der Waals surface area (Å²) in [4.78, 5) is 10.5. The van der Waals surface area contributed by atoms with Crippen molar-refractivity contribution in [2.45, 2.75) is 33.6 Å². The first-order chi connectivity index (χ1) is 5.16. The van der Waals surface area contributed by atoms with Gasteiger partial charge in [0.05, 0.1) is 0 Å². The van der Waals surface area contributed by atoms with E-state index < -0.39 is 0 Å². The molecule has 1 nitrogen and oxygen atoms in total. The average Bonchev–Trinajstić information content (AvgIpc) is 1.87. The van der Waals surface area contributed by atoms with E-state index in [4.69, 9.17) is 0 Å². The van der Waals surface area contributed by atoms with Crippen LogP contribution >= 0.6 is 0 Å². The number of allylic oxidation sites excluding steroid dienone is 4. The van der Waals surface area contributed by atoms with Crippen LogP contribution in [-0.4, -0.2) is 5.78 Å². The van der Waals surface area contributed by atoms with Gasteiger partial charge < -0.3 is 0 Å². The highest BCUT2D eigenvalue weighted by molar-refractivity contribution is 5.87. The third kappa shape index (κ3) is 7.04. The molecule has 0 aromatic rings. The van der Waals surface area contributed by atoms with E-state index in [2.05, 4.69) is 13.8 Å².